The van der Waals surface area contributed by atoms with Gasteiger partial charge in [0.25, 0.3) is 0 Å². The predicted octanol–water partition coefficient (Wildman–Crippen LogP) is 2.44. The number of hydrogen-bond donors (Lipinski definition) is 1. The maximum atomic E-state index is 12.6. The van der Waals surface area contributed by atoms with E-state index < -0.39 is 10.0 Å². The van der Waals surface area contributed by atoms with Crippen molar-refractivity contribution in [2.24, 2.45) is 0 Å². The van der Waals surface area contributed by atoms with Crippen LogP contribution in [-0.2, 0) is 16.4 Å². The minimum absolute atomic E-state index is 0.0637. The summed E-state index contributed by atoms with van der Waals surface area (Å²) in [5.74, 6) is 0.300. The van der Waals surface area contributed by atoms with E-state index in [0.717, 1.165) is 12.0 Å². The third kappa shape index (κ3) is 4.03. The smallest absolute Gasteiger partial charge is 0.246 e. The van der Waals surface area contributed by atoms with Crippen molar-refractivity contribution in [3.8, 4) is 0 Å². The Bertz CT molecular complexity index is 760. The van der Waals surface area contributed by atoms with E-state index in [2.05, 4.69) is 28.9 Å². The van der Waals surface area contributed by atoms with Gasteiger partial charge in [0.05, 0.1) is 0 Å². The van der Waals surface area contributed by atoms with Crippen molar-refractivity contribution in [3.05, 3.63) is 46.8 Å². The molecule has 0 aliphatic carbocycles. The lowest BCUT2D eigenvalue weighted by molar-refractivity contribution is 0.299. The Morgan fingerprint density at radius 3 is 2.29 bits per heavy atom. The summed E-state index contributed by atoms with van der Waals surface area (Å²) in [5, 5.41) is 3.72. The summed E-state index contributed by atoms with van der Waals surface area (Å²) in [7, 11) is 0.206. The first-order chi connectivity index (χ1) is 11.3. The van der Waals surface area contributed by atoms with Gasteiger partial charge in [-0.05, 0) is 45.5 Å². The number of hydrogen-bond acceptors (Lipinski definition) is 5. The zero-order valence-electron chi connectivity index (χ0n) is 14.8. The van der Waals surface area contributed by atoms with Crippen molar-refractivity contribution >= 4 is 10.0 Å². The van der Waals surface area contributed by atoms with Crippen molar-refractivity contribution in [1.29, 1.82) is 0 Å². The van der Waals surface area contributed by atoms with E-state index in [1.54, 1.807) is 13.8 Å². The molecule has 1 atom stereocenters. The molecule has 0 saturated carbocycles. The van der Waals surface area contributed by atoms with E-state index in [1.807, 2.05) is 31.1 Å². The molecule has 2 rings (SSSR count). The second-order valence-corrected chi connectivity index (χ2v) is 7.78. The molecule has 0 spiro atoms. The number of sulfonamides is 1. The molecule has 6 nitrogen and oxygen atoms in total. The quantitative estimate of drug-likeness (QED) is 0.829. The molecular formula is C17H25N3O3S. The fourth-order valence-corrected chi connectivity index (χ4v) is 4.06. The molecule has 1 N–H and O–H groups in total. The summed E-state index contributed by atoms with van der Waals surface area (Å²) in [6, 6.07) is 8.19. The van der Waals surface area contributed by atoms with Crippen LogP contribution in [0, 0.1) is 13.8 Å². The van der Waals surface area contributed by atoms with Crippen molar-refractivity contribution in [1.82, 2.24) is 14.8 Å². The minimum Gasteiger partial charge on any atom is -0.360 e. The van der Waals surface area contributed by atoms with Crippen LogP contribution in [-0.4, -0.2) is 39.1 Å². The minimum atomic E-state index is -3.66. The van der Waals surface area contributed by atoms with Gasteiger partial charge >= 0.3 is 0 Å². The number of nitrogens with one attached hydrogen (secondary N) is 1. The van der Waals surface area contributed by atoms with E-state index in [9.17, 15) is 8.42 Å². The van der Waals surface area contributed by atoms with Crippen LogP contribution >= 0.6 is 0 Å². The summed E-state index contributed by atoms with van der Waals surface area (Å²) in [5.41, 5.74) is 2.69. The fraction of sp³-hybridized carbons (Fsp3) is 0.471. The Morgan fingerprint density at radius 2 is 1.83 bits per heavy atom. The van der Waals surface area contributed by atoms with Crippen LogP contribution in [0.15, 0.2) is 33.7 Å². The van der Waals surface area contributed by atoms with Crippen LogP contribution in [0.25, 0.3) is 0 Å². The van der Waals surface area contributed by atoms with Crippen LogP contribution in [0.4, 0.5) is 0 Å². The van der Waals surface area contributed by atoms with E-state index >= 15 is 0 Å². The van der Waals surface area contributed by atoms with Gasteiger partial charge in [0.2, 0.25) is 10.0 Å². The van der Waals surface area contributed by atoms with Gasteiger partial charge in [0.1, 0.15) is 10.6 Å². The monoisotopic (exact) mass is 351 g/mol. The molecule has 1 heterocycles. The van der Waals surface area contributed by atoms with E-state index in [1.165, 1.54) is 5.56 Å². The van der Waals surface area contributed by atoms with Gasteiger partial charge in [-0.25, -0.2) is 13.1 Å². The second kappa shape index (κ2) is 7.46. The summed E-state index contributed by atoms with van der Waals surface area (Å²) < 4.78 is 32.8. The molecule has 2 aromatic rings. The third-order valence-electron chi connectivity index (χ3n) is 4.10. The average Bonchev–Trinajstić information content (AvgIpc) is 2.87. The van der Waals surface area contributed by atoms with Crippen molar-refractivity contribution in [2.45, 2.75) is 38.1 Å². The molecule has 0 aliphatic rings. The number of rotatable bonds is 7. The SMILES string of the molecule is CCc1ccc([C@H](CNS(=O)(=O)c2c(C)noc2C)N(C)C)cc1. The average molecular weight is 351 g/mol. The number of aryl methyl sites for hydroxylation is 3. The number of benzene rings is 1. The predicted molar refractivity (Wildman–Crippen MR) is 93.4 cm³/mol. The van der Waals surface area contributed by atoms with Gasteiger partial charge in [0, 0.05) is 12.6 Å². The summed E-state index contributed by atoms with van der Waals surface area (Å²) >= 11 is 0. The second-order valence-electron chi connectivity index (χ2n) is 6.08. The van der Waals surface area contributed by atoms with Gasteiger partial charge in [-0.1, -0.05) is 36.3 Å². The molecule has 1 aromatic heterocycles. The molecule has 0 aliphatic heterocycles. The van der Waals surface area contributed by atoms with E-state index in [-0.39, 0.29) is 17.5 Å². The lowest BCUT2D eigenvalue weighted by atomic mass is 10.0. The Balaban J connectivity index is 2.19. The largest absolute Gasteiger partial charge is 0.360 e. The van der Waals surface area contributed by atoms with Crippen LogP contribution in [0.2, 0.25) is 0 Å². The van der Waals surface area contributed by atoms with Crippen molar-refractivity contribution in [2.75, 3.05) is 20.6 Å². The van der Waals surface area contributed by atoms with Gasteiger partial charge in [-0.2, -0.15) is 0 Å². The maximum Gasteiger partial charge on any atom is 0.246 e. The number of nitrogens with zero attached hydrogens (tertiary/aromatic N) is 2. The molecule has 1 aromatic carbocycles. The lowest BCUT2D eigenvalue weighted by Crippen LogP contribution is -2.34. The third-order valence-corrected chi connectivity index (χ3v) is 5.77. The molecule has 0 radical (unpaired) electrons. The highest BCUT2D eigenvalue weighted by Crippen LogP contribution is 2.22. The van der Waals surface area contributed by atoms with Gasteiger partial charge in [-0.15, -0.1) is 0 Å². The standard InChI is InChI=1S/C17H25N3O3S/c1-6-14-7-9-15(10-8-14)16(20(4)5)11-18-24(21,22)17-12(2)19-23-13(17)3/h7-10,16,18H,6,11H2,1-5H3/t16-/m0/s1. The maximum absolute atomic E-state index is 12.6. The highest BCUT2D eigenvalue weighted by atomic mass is 32.2. The lowest BCUT2D eigenvalue weighted by Gasteiger charge is -2.25. The first-order valence-corrected chi connectivity index (χ1v) is 9.42. The Labute approximate surface area is 143 Å². The van der Waals surface area contributed by atoms with Crippen LogP contribution in [0.1, 0.15) is 35.5 Å². The zero-order valence-corrected chi connectivity index (χ0v) is 15.6. The zero-order chi connectivity index (χ0) is 17.9. The fourth-order valence-electron chi connectivity index (χ4n) is 2.69. The Kier molecular flexibility index (Phi) is 5.79. The number of aromatic nitrogens is 1. The topological polar surface area (TPSA) is 75.4 Å². The normalized spacial score (nSPS) is 13.4. The summed E-state index contributed by atoms with van der Waals surface area (Å²) in [4.78, 5) is 2.12. The molecule has 24 heavy (non-hydrogen) atoms. The van der Waals surface area contributed by atoms with Crippen molar-refractivity contribution < 1.29 is 12.9 Å². The molecule has 0 saturated heterocycles. The van der Waals surface area contributed by atoms with Crippen LogP contribution < -0.4 is 4.72 Å². The molecule has 0 bridgehead atoms. The molecule has 0 amide bonds. The number of likely N-dealkylation sites (N-methyl/N-ethyl adjacent to an activating group) is 1. The Hall–Kier alpha value is -1.70. The van der Waals surface area contributed by atoms with Gasteiger partial charge in [-0.3, -0.25) is 0 Å². The summed E-state index contributed by atoms with van der Waals surface area (Å²) in [6.07, 6.45) is 0.978. The van der Waals surface area contributed by atoms with Crippen LogP contribution in [0.3, 0.4) is 0 Å². The highest BCUT2D eigenvalue weighted by Gasteiger charge is 2.25. The molecule has 132 valence electrons. The molecule has 0 fully saturated rings. The van der Waals surface area contributed by atoms with E-state index in [0.29, 0.717) is 11.5 Å². The van der Waals surface area contributed by atoms with Gasteiger partial charge < -0.3 is 9.42 Å². The summed E-state index contributed by atoms with van der Waals surface area (Å²) in [6.45, 7) is 5.60. The Morgan fingerprint density at radius 1 is 1.21 bits per heavy atom. The van der Waals surface area contributed by atoms with Crippen LogP contribution in [0.5, 0.6) is 0 Å². The highest BCUT2D eigenvalue weighted by molar-refractivity contribution is 7.89. The first-order valence-electron chi connectivity index (χ1n) is 7.94. The molecule has 7 heteroatoms. The molecular weight excluding hydrogens is 326 g/mol. The van der Waals surface area contributed by atoms with Crippen molar-refractivity contribution in [3.63, 3.8) is 0 Å². The van der Waals surface area contributed by atoms with E-state index in [4.69, 9.17) is 4.52 Å². The molecule has 0 unspecified atom stereocenters. The van der Waals surface area contributed by atoms with Gasteiger partial charge in [0.15, 0.2) is 5.76 Å². The first kappa shape index (κ1) is 18.6.